The Labute approximate surface area is 257 Å². The lowest BCUT2D eigenvalue weighted by atomic mass is 9.95. The third-order valence-corrected chi connectivity index (χ3v) is 10.2. The Morgan fingerprint density at radius 1 is 0.860 bits per heavy atom. The van der Waals surface area contributed by atoms with E-state index in [2.05, 4.69) is 5.32 Å². The molecule has 0 aliphatic heterocycles. The van der Waals surface area contributed by atoms with Gasteiger partial charge in [-0.05, 0) is 87.9 Å². The van der Waals surface area contributed by atoms with E-state index in [0.29, 0.717) is 12.1 Å². The second kappa shape index (κ2) is 14.2. The van der Waals surface area contributed by atoms with Gasteiger partial charge in [0.15, 0.2) is 0 Å². The first-order valence-corrected chi connectivity index (χ1v) is 16.8. The van der Waals surface area contributed by atoms with Crippen LogP contribution < -0.4 is 9.62 Å². The summed E-state index contributed by atoms with van der Waals surface area (Å²) in [5.74, 6) is -0.615. The Bertz CT molecular complexity index is 1530. The highest BCUT2D eigenvalue weighted by Gasteiger charge is 2.34. The number of anilines is 1. The van der Waals surface area contributed by atoms with Crippen molar-refractivity contribution >= 4 is 27.5 Å². The lowest BCUT2D eigenvalue weighted by Gasteiger charge is -2.34. The van der Waals surface area contributed by atoms with E-state index in [1.807, 2.05) is 65.0 Å². The van der Waals surface area contributed by atoms with Crippen LogP contribution in [0.25, 0.3) is 0 Å². The van der Waals surface area contributed by atoms with E-state index in [-0.39, 0.29) is 23.4 Å². The third-order valence-electron chi connectivity index (χ3n) is 8.44. The first kappa shape index (κ1) is 32.3. The number of aryl methyl sites for hydroxylation is 4. The van der Waals surface area contributed by atoms with Crippen molar-refractivity contribution in [3.63, 3.8) is 0 Å². The number of nitrogens with zero attached hydrogens (tertiary/aromatic N) is 2. The van der Waals surface area contributed by atoms with Gasteiger partial charge in [0.05, 0.1) is 10.6 Å². The van der Waals surface area contributed by atoms with E-state index in [1.54, 1.807) is 41.3 Å². The molecule has 1 N–H and O–H groups in total. The molecular weight excluding hydrogens is 558 g/mol. The maximum absolute atomic E-state index is 14.3. The fourth-order valence-electron chi connectivity index (χ4n) is 5.72. The van der Waals surface area contributed by atoms with Gasteiger partial charge < -0.3 is 10.2 Å². The van der Waals surface area contributed by atoms with Crippen LogP contribution in [0.4, 0.5) is 5.69 Å². The molecule has 43 heavy (non-hydrogen) atoms. The number of carbonyl (C=O) groups excluding carboxylic acids is 2. The van der Waals surface area contributed by atoms with E-state index in [1.165, 1.54) is 10.7 Å². The van der Waals surface area contributed by atoms with Crippen LogP contribution in [-0.4, -0.2) is 43.8 Å². The van der Waals surface area contributed by atoms with Gasteiger partial charge in [-0.25, -0.2) is 8.42 Å². The minimum absolute atomic E-state index is 0.0974. The second-order valence-electron chi connectivity index (χ2n) is 11.9. The van der Waals surface area contributed by atoms with Gasteiger partial charge in [-0.15, -0.1) is 0 Å². The van der Waals surface area contributed by atoms with Crippen molar-refractivity contribution in [2.75, 3.05) is 10.8 Å². The molecule has 0 spiro atoms. The van der Waals surface area contributed by atoms with Crippen molar-refractivity contribution in [1.29, 1.82) is 0 Å². The molecule has 1 aliphatic carbocycles. The summed E-state index contributed by atoms with van der Waals surface area (Å²) in [7, 11) is -4.10. The molecular formula is C35H45N3O4S. The topological polar surface area (TPSA) is 86.8 Å². The normalized spacial score (nSPS) is 14.6. The molecule has 3 aromatic carbocycles. The zero-order chi connectivity index (χ0) is 31.1. The monoisotopic (exact) mass is 603 g/mol. The van der Waals surface area contributed by atoms with Crippen molar-refractivity contribution in [2.45, 2.75) is 96.7 Å². The van der Waals surface area contributed by atoms with Crippen LogP contribution >= 0.6 is 0 Å². The molecule has 8 heteroatoms. The average molecular weight is 604 g/mol. The Balaban J connectivity index is 1.72. The molecule has 1 aliphatic rings. The van der Waals surface area contributed by atoms with Gasteiger partial charge in [0, 0.05) is 12.6 Å². The molecule has 0 bridgehead atoms. The fourth-order valence-corrected chi connectivity index (χ4v) is 7.12. The number of carbonyl (C=O) groups is 2. The van der Waals surface area contributed by atoms with Crippen LogP contribution in [0.15, 0.2) is 71.6 Å². The van der Waals surface area contributed by atoms with Gasteiger partial charge in [0.25, 0.3) is 10.0 Å². The van der Waals surface area contributed by atoms with Crippen LogP contribution in [0, 0.1) is 27.7 Å². The van der Waals surface area contributed by atoms with Crippen LogP contribution in [0.5, 0.6) is 0 Å². The van der Waals surface area contributed by atoms with Crippen molar-refractivity contribution in [1.82, 2.24) is 10.2 Å². The summed E-state index contributed by atoms with van der Waals surface area (Å²) in [6, 6.07) is 19.2. The lowest BCUT2D eigenvalue weighted by Crippen LogP contribution is -2.54. The highest BCUT2D eigenvalue weighted by molar-refractivity contribution is 7.92. The fraction of sp³-hybridized carbons (Fsp3) is 0.429. The van der Waals surface area contributed by atoms with E-state index in [9.17, 15) is 18.0 Å². The summed E-state index contributed by atoms with van der Waals surface area (Å²) in [6.07, 6.45) is 5.60. The van der Waals surface area contributed by atoms with Crippen molar-refractivity contribution in [3.05, 3.63) is 94.5 Å². The van der Waals surface area contributed by atoms with Crippen LogP contribution in [-0.2, 0) is 26.2 Å². The first-order valence-electron chi connectivity index (χ1n) is 15.3. The maximum Gasteiger partial charge on any atom is 0.264 e. The first-order chi connectivity index (χ1) is 20.5. The summed E-state index contributed by atoms with van der Waals surface area (Å²) < 4.78 is 29.4. The summed E-state index contributed by atoms with van der Waals surface area (Å²) in [4.78, 5) is 29.7. The van der Waals surface area contributed by atoms with Crippen molar-refractivity contribution in [3.8, 4) is 0 Å². The Hall–Kier alpha value is -3.65. The van der Waals surface area contributed by atoms with E-state index in [4.69, 9.17) is 0 Å². The zero-order valence-electron chi connectivity index (χ0n) is 26.1. The summed E-state index contributed by atoms with van der Waals surface area (Å²) in [6.45, 7) is 9.42. The van der Waals surface area contributed by atoms with Gasteiger partial charge in [-0.1, -0.05) is 79.8 Å². The number of nitrogens with one attached hydrogen (secondary N) is 1. The Kier molecular flexibility index (Phi) is 10.7. The molecule has 1 fully saturated rings. The van der Waals surface area contributed by atoms with Gasteiger partial charge in [0.1, 0.15) is 12.6 Å². The predicted octanol–water partition coefficient (Wildman–Crippen LogP) is 6.37. The smallest absolute Gasteiger partial charge is 0.264 e. The quantitative estimate of drug-likeness (QED) is 0.276. The number of sulfonamides is 1. The van der Waals surface area contributed by atoms with Gasteiger partial charge in [-0.3, -0.25) is 13.9 Å². The summed E-state index contributed by atoms with van der Waals surface area (Å²) in [5, 5.41) is 3.20. The number of rotatable bonds is 11. The number of hydrogen-bond donors (Lipinski definition) is 1. The van der Waals surface area contributed by atoms with Crippen LogP contribution in [0.1, 0.15) is 73.3 Å². The molecule has 4 rings (SSSR count). The van der Waals surface area contributed by atoms with E-state index >= 15 is 0 Å². The molecule has 3 aromatic rings. The molecule has 0 aromatic heterocycles. The molecule has 1 unspecified atom stereocenters. The van der Waals surface area contributed by atoms with E-state index < -0.39 is 28.5 Å². The number of hydrogen-bond acceptors (Lipinski definition) is 4. The predicted molar refractivity (Wildman–Crippen MR) is 172 cm³/mol. The number of benzene rings is 3. The van der Waals surface area contributed by atoms with Crippen LogP contribution in [0.2, 0.25) is 0 Å². The molecule has 1 saturated carbocycles. The molecule has 7 nitrogen and oxygen atoms in total. The Morgan fingerprint density at radius 3 is 2.19 bits per heavy atom. The number of amides is 2. The van der Waals surface area contributed by atoms with Gasteiger partial charge >= 0.3 is 0 Å². The highest BCUT2D eigenvalue weighted by Crippen LogP contribution is 2.27. The standard InChI is InChI=1S/C35H45N3O4S/c1-6-33(35(40)36-30-13-8-7-9-14-30)37(23-29-12-10-11-26(3)21-29)34(39)24-38(31-18-17-27(4)28(5)22-31)43(41,42)32-19-15-25(2)16-20-32/h10-12,15-22,30,33H,6-9,13-14,23-24H2,1-5H3,(H,36,40). The highest BCUT2D eigenvalue weighted by atomic mass is 32.2. The largest absolute Gasteiger partial charge is 0.352 e. The SMILES string of the molecule is CCC(C(=O)NC1CCCCC1)N(Cc1cccc(C)c1)C(=O)CN(c1ccc(C)c(C)c1)S(=O)(=O)c1ccc(C)cc1. The van der Waals surface area contributed by atoms with Gasteiger partial charge in [-0.2, -0.15) is 0 Å². The molecule has 0 heterocycles. The molecule has 0 saturated heterocycles. The minimum Gasteiger partial charge on any atom is -0.352 e. The average Bonchev–Trinajstić information content (AvgIpc) is 2.98. The second-order valence-corrected chi connectivity index (χ2v) is 13.7. The molecule has 0 radical (unpaired) electrons. The molecule has 2 amide bonds. The molecule has 1 atom stereocenters. The van der Waals surface area contributed by atoms with Crippen LogP contribution in [0.3, 0.4) is 0 Å². The lowest BCUT2D eigenvalue weighted by molar-refractivity contribution is -0.140. The minimum atomic E-state index is -4.10. The van der Waals surface area contributed by atoms with E-state index in [0.717, 1.165) is 53.5 Å². The van der Waals surface area contributed by atoms with Crippen molar-refractivity contribution < 1.29 is 18.0 Å². The third kappa shape index (κ3) is 8.05. The van der Waals surface area contributed by atoms with Crippen molar-refractivity contribution in [2.24, 2.45) is 0 Å². The summed E-state index contributed by atoms with van der Waals surface area (Å²) in [5.41, 5.74) is 5.22. The molecule has 230 valence electrons. The zero-order valence-corrected chi connectivity index (χ0v) is 26.9. The summed E-state index contributed by atoms with van der Waals surface area (Å²) >= 11 is 0. The Morgan fingerprint density at radius 2 is 1.56 bits per heavy atom. The maximum atomic E-state index is 14.3. The van der Waals surface area contributed by atoms with Gasteiger partial charge in [0.2, 0.25) is 11.8 Å².